The Kier molecular flexibility index (Phi) is 8.35. The average Bonchev–Trinajstić information content (AvgIpc) is 2.22. The summed E-state index contributed by atoms with van der Waals surface area (Å²) < 4.78 is 0. The number of allylic oxidation sites excluding steroid dienone is 2. The molecule has 0 aliphatic heterocycles. The van der Waals surface area contributed by atoms with E-state index in [1.165, 1.54) is 25.7 Å². The van der Waals surface area contributed by atoms with Gasteiger partial charge in [-0.1, -0.05) is 53.0 Å². The molecule has 0 heterocycles. The van der Waals surface area contributed by atoms with Crippen molar-refractivity contribution < 1.29 is 4.79 Å². The van der Waals surface area contributed by atoms with Gasteiger partial charge in [0.15, 0.2) is 0 Å². The molecule has 0 spiro atoms. The van der Waals surface area contributed by atoms with E-state index >= 15 is 0 Å². The molecule has 88 valence electrons. The first kappa shape index (κ1) is 14.4. The lowest BCUT2D eigenvalue weighted by Gasteiger charge is -2.15. The summed E-state index contributed by atoms with van der Waals surface area (Å²) in [5.41, 5.74) is 0.987. The summed E-state index contributed by atoms with van der Waals surface area (Å²) in [6.45, 7) is 8.68. The molecule has 0 amide bonds. The first-order valence-corrected chi connectivity index (χ1v) is 6.28. The molecular weight excluding hydrogens is 184 g/mol. The zero-order valence-electron chi connectivity index (χ0n) is 10.8. The number of hydrogen-bond donors (Lipinski definition) is 0. The van der Waals surface area contributed by atoms with Crippen LogP contribution in [0.3, 0.4) is 0 Å². The molecule has 1 heteroatoms. The minimum absolute atomic E-state index is 0.397. The molecule has 0 aromatic heterocycles. The van der Waals surface area contributed by atoms with Crippen LogP contribution in [0.5, 0.6) is 0 Å². The molecule has 0 bridgehead atoms. The lowest BCUT2D eigenvalue weighted by atomic mass is 9.90. The normalized spacial score (nSPS) is 14.3. The number of carbonyl (C=O) groups is 1. The van der Waals surface area contributed by atoms with Gasteiger partial charge in [-0.2, -0.15) is 0 Å². The van der Waals surface area contributed by atoms with Gasteiger partial charge in [-0.05, 0) is 30.3 Å². The second-order valence-electron chi connectivity index (χ2n) is 4.70. The summed E-state index contributed by atoms with van der Waals surface area (Å²) in [4.78, 5) is 10.9. The zero-order chi connectivity index (χ0) is 11.7. The van der Waals surface area contributed by atoms with Crippen LogP contribution in [0.1, 0.15) is 59.8 Å². The van der Waals surface area contributed by atoms with E-state index in [-0.39, 0.29) is 0 Å². The van der Waals surface area contributed by atoms with Gasteiger partial charge in [0, 0.05) is 0 Å². The Morgan fingerprint density at radius 3 is 2.27 bits per heavy atom. The molecule has 0 fully saturated rings. The molecule has 0 saturated carbocycles. The lowest BCUT2D eigenvalue weighted by Crippen LogP contribution is -2.08. The Morgan fingerprint density at radius 2 is 1.80 bits per heavy atom. The van der Waals surface area contributed by atoms with Gasteiger partial charge < -0.3 is 0 Å². The molecule has 1 nitrogen and oxygen atoms in total. The Labute approximate surface area is 95.0 Å². The van der Waals surface area contributed by atoms with E-state index in [4.69, 9.17) is 0 Å². The van der Waals surface area contributed by atoms with Crippen LogP contribution < -0.4 is 0 Å². The van der Waals surface area contributed by atoms with Gasteiger partial charge in [0.25, 0.3) is 0 Å². The maximum atomic E-state index is 10.9. The molecule has 0 aliphatic carbocycles. The number of carbonyl (C=O) groups excluding carboxylic acids is 1. The summed E-state index contributed by atoms with van der Waals surface area (Å²) in [7, 11) is 0. The maximum Gasteiger partial charge on any atom is 0.145 e. The summed E-state index contributed by atoms with van der Waals surface area (Å²) in [6.07, 6.45) is 9.31. The van der Waals surface area contributed by atoms with Gasteiger partial charge in [-0.25, -0.2) is 0 Å². The van der Waals surface area contributed by atoms with Gasteiger partial charge in [0.05, 0.1) is 0 Å². The number of aldehydes is 1. The van der Waals surface area contributed by atoms with E-state index in [9.17, 15) is 4.79 Å². The van der Waals surface area contributed by atoms with Crippen LogP contribution in [0, 0.1) is 11.8 Å². The SMILES string of the molecule is CCCCCCC=C(C=O)C(C)C(C)C. The lowest BCUT2D eigenvalue weighted by molar-refractivity contribution is -0.105. The van der Waals surface area contributed by atoms with E-state index in [0.717, 1.165) is 18.3 Å². The van der Waals surface area contributed by atoms with Crippen LogP contribution in [0.15, 0.2) is 11.6 Å². The van der Waals surface area contributed by atoms with E-state index in [1.54, 1.807) is 0 Å². The minimum atomic E-state index is 0.397. The Balaban J connectivity index is 3.94. The average molecular weight is 210 g/mol. The standard InChI is InChI=1S/C14H26O/c1-5-6-7-8-9-10-14(11-15)13(4)12(2)3/h10-13H,5-9H2,1-4H3. The summed E-state index contributed by atoms with van der Waals surface area (Å²) in [6, 6.07) is 0. The van der Waals surface area contributed by atoms with Crippen molar-refractivity contribution in [2.75, 3.05) is 0 Å². The molecule has 0 radical (unpaired) electrons. The third-order valence-corrected chi connectivity index (χ3v) is 3.10. The summed E-state index contributed by atoms with van der Waals surface area (Å²) >= 11 is 0. The number of hydrogen-bond acceptors (Lipinski definition) is 1. The zero-order valence-corrected chi connectivity index (χ0v) is 10.8. The Bertz CT molecular complexity index is 192. The highest BCUT2D eigenvalue weighted by atomic mass is 16.1. The predicted octanol–water partition coefficient (Wildman–Crippen LogP) is 4.37. The molecule has 1 atom stereocenters. The number of unbranched alkanes of at least 4 members (excludes halogenated alkanes) is 4. The van der Waals surface area contributed by atoms with Crippen LogP contribution in [-0.4, -0.2) is 6.29 Å². The van der Waals surface area contributed by atoms with Gasteiger partial charge in [0.1, 0.15) is 6.29 Å². The van der Waals surface area contributed by atoms with Crippen molar-refractivity contribution in [3.8, 4) is 0 Å². The van der Waals surface area contributed by atoms with Crippen molar-refractivity contribution in [2.45, 2.75) is 59.8 Å². The van der Waals surface area contributed by atoms with Crippen molar-refractivity contribution in [1.82, 2.24) is 0 Å². The summed E-state index contributed by atoms with van der Waals surface area (Å²) in [5.74, 6) is 0.950. The van der Waals surface area contributed by atoms with Crippen molar-refractivity contribution in [3.05, 3.63) is 11.6 Å². The third-order valence-electron chi connectivity index (χ3n) is 3.10. The van der Waals surface area contributed by atoms with Crippen LogP contribution in [0.2, 0.25) is 0 Å². The van der Waals surface area contributed by atoms with E-state index in [1.807, 2.05) is 0 Å². The highest BCUT2D eigenvalue weighted by Crippen LogP contribution is 2.19. The molecule has 0 N–H and O–H groups in total. The predicted molar refractivity (Wildman–Crippen MR) is 66.9 cm³/mol. The van der Waals surface area contributed by atoms with E-state index < -0.39 is 0 Å². The topological polar surface area (TPSA) is 17.1 Å². The first-order chi connectivity index (χ1) is 7.13. The van der Waals surface area contributed by atoms with E-state index in [0.29, 0.717) is 11.8 Å². The fourth-order valence-corrected chi connectivity index (χ4v) is 1.57. The molecule has 0 aliphatic rings. The molecule has 0 rings (SSSR count). The fraction of sp³-hybridized carbons (Fsp3) is 0.786. The van der Waals surface area contributed by atoms with E-state index in [2.05, 4.69) is 33.8 Å². The Hall–Kier alpha value is -0.590. The van der Waals surface area contributed by atoms with Crippen molar-refractivity contribution >= 4 is 6.29 Å². The maximum absolute atomic E-state index is 10.9. The smallest absolute Gasteiger partial charge is 0.145 e. The molecule has 0 saturated heterocycles. The quantitative estimate of drug-likeness (QED) is 0.330. The van der Waals surface area contributed by atoms with Crippen LogP contribution in [-0.2, 0) is 4.79 Å². The monoisotopic (exact) mass is 210 g/mol. The second-order valence-corrected chi connectivity index (χ2v) is 4.70. The van der Waals surface area contributed by atoms with Crippen LogP contribution in [0.4, 0.5) is 0 Å². The van der Waals surface area contributed by atoms with Gasteiger partial charge >= 0.3 is 0 Å². The molecule has 15 heavy (non-hydrogen) atoms. The van der Waals surface area contributed by atoms with Crippen molar-refractivity contribution in [3.63, 3.8) is 0 Å². The minimum Gasteiger partial charge on any atom is -0.298 e. The molecule has 0 aromatic carbocycles. The van der Waals surface area contributed by atoms with Crippen molar-refractivity contribution in [2.24, 2.45) is 11.8 Å². The largest absolute Gasteiger partial charge is 0.298 e. The summed E-state index contributed by atoms with van der Waals surface area (Å²) in [5, 5.41) is 0. The third kappa shape index (κ3) is 6.48. The molecule has 0 aromatic rings. The van der Waals surface area contributed by atoms with Gasteiger partial charge in [0.2, 0.25) is 0 Å². The molecular formula is C14H26O. The molecule has 1 unspecified atom stereocenters. The fourth-order valence-electron chi connectivity index (χ4n) is 1.57. The first-order valence-electron chi connectivity index (χ1n) is 6.28. The van der Waals surface area contributed by atoms with Crippen molar-refractivity contribution in [1.29, 1.82) is 0 Å². The second kappa shape index (κ2) is 8.70. The van der Waals surface area contributed by atoms with Crippen LogP contribution in [0.25, 0.3) is 0 Å². The van der Waals surface area contributed by atoms with Gasteiger partial charge in [-0.15, -0.1) is 0 Å². The van der Waals surface area contributed by atoms with Crippen LogP contribution >= 0.6 is 0 Å². The highest BCUT2D eigenvalue weighted by molar-refractivity contribution is 5.73. The van der Waals surface area contributed by atoms with Gasteiger partial charge in [-0.3, -0.25) is 4.79 Å². The Morgan fingerprint density at radius 1 is 1.13 bits per heavy atom. The number of rotatable bonds is 8. The highest BCUT2D eigenvalue weighted by Gasteiger charge is 2.11.